The van der Waals surface area contributed by atoms with Gasteiger partial charge >= 0.3 is 0 Å². The third kappa shape index (κ3) is 4.19. The van der Waals surface area contributed by atoms with Gasteiger partial charge in [0.1, 0.15) is 0 Å². The Morgan fingerprint density at radius 1 is 0.969 bits per heavy atom. The van der Waals surface area contributed by atoms with E-state index >= 15 is 0 Å². The fourth-order valence-electron chi connectivity index (χ4n) is 4.01. The van der Waals surface area contributed by atoms with Gasteiger partial charge in [0.25, 0.3) is 4.84 Å². The smallest absolute Gasteiger partial charge is 0.288 e. The second-order valence-electron chi connectivity index (χ2n) is 8.02. The molecule has 2 aromatic carbocycles. The quantitative estimate of drug-likeness (QED) is 0.431. The maximum atomic E-state index is 5.80. The molecule has 0 unspecified atom stereocenters. The molecule has 0 spiro atoms. The largest absolute Gasteiger partial charge is 0.409 e. The summed E-state index contributed by atoms with van der Waals surface area (Å²) in [5.74, 6) is 1.31. The number of hydrogen-bond donors (Lipinski definition) is 0. The van der Waals surface area contributed by atoms with Gasteiger partial charge in [-0.3, -0.25) is 4.90 Å². The number of aryl methyl sites for hydroxylation is 2. The summed E-state index contributed by atoms with van der Waals surface area (Å²) < 4.78 is 9.33. The van der Waals surface area contributed by atoms with E-state index in [9.17, 15) is 0 Å². The number of aromatic nitrogens is 6. The Hall–Kier alpha value is -3.37. The molecule has 0 bridgehead atoms. The zero-order chi connectivity index (χ0) is 22.1. The third-order valence-corrected chi connectivity index (χ3v) is 5.81. The van der Waals surface area contributed by atoms with Gasteiger partial charge in [0.05, 0.1) is 12.4 Å². The van der Waals surface area contributed by atoms with Crippen molar-refractivity contribution < 1.29 is 4.42 Å². The average Bonchev–Trinajstić information content (AvgIpc) is 3.42. The molecule has 0 atom stereocenters. The van der Waals surface area contributed by atoms with E-state index in [-0.39, 0.29) is 0 Å². The summed E-state index contributed by atoms with van der Waals surface area (Å²) in [7, 11) is 0. The maximum Gasteiger partial charge on any atom is 0.288 e. The van der Waals surface area contributed by atoms with Crippen LogP contribution in [0.1, 0.15) is 11.1 Å². The normalized spacial score (nSPS) is 14.8. The summed E-state index contributed by atoms with van der Waals surface area (Å²) in [5.41, 5.74) is 4.24. The predicted octanol–water partition coefficient (Wildman–Crippen LogP) is 3.24. The summed E-state index contributed by atoms with van der Waals surface area (Å²) >= 11 is 5.43. The second kappa shape index (κ2) is 8.64. The first-order valence-corrected chi connectivity index (χ1v) is 11.0. The Labute approximate surface area is 190 Å². The number of tetrazole rings is 1. The van der Waals surface area contributed by atoms with Crippen molar-refractivity contribution in [3.05, 3.63) is 64.5 Å². The molecular weight excluding hydrogens is 424 g/mol. The number of benzene rings is 2. The van der Waals surface area contributed by atoms with E-state index in [2.05, 4.69) is 62.5 Å². The van der Waals surface area contributed by atoms with E-state index in [0.717, 1.165) is 43.4 Å². The molecule has 0 N–H and O–H groups in total. The zero-order valence-electron chi connectivity index (χ0n) is 18.0. The molecule has 0 aliphatic carbocycles. The van der Waals surface area contributed by atoms with Crippen molar-refractivity contribution in [2.75, 3.05) is 31.1 Å². The molecule has 1 aliphatic rings. The molecule has 2 aromatic heterocycles. The maximum absolute atomic E-state index is 5.80. The van der Waals surface area contributed by atoms with Crippen molar-refractivity contribution in [3.8, 4) is 17.1 Å². The Morgan fingerprint density at radius 2 is 1.69 bits per heavy atom. The van der Waals surface area contributed by atoms with E-state index in [0.29, 0.717) is 17.4 Å². The minimum absolute atomic E-state index is 0.384. The van der Waals surface area contributed by atoms with Crippen LogP contribution >= 0.6 is 12.2 Å². The van der Waals surface area contributed by atoms with Gasteiger partial charge in [0.15, 0.2) is 0 Å². The zero-order valence-corrected chi connectivity index (χ0v) is 18.9. The highest BCUT2D eigenvalue weighted by Crippen LogP contribution is 2.22. The van der Waals surface area contributed by atoms with Crippen LogP contribution in [0, 0.1) is 18.7 Å². The van der Waals surface area contributed by atoms with Crippen molar-refractivity contribution in [1.82, 2.24) is 34.9 Å². The van der Waals surface area contributed by atoms with Gasteiger partial charge < -0.3 is 9.32 Å². The van der Waals surface area contributed by atoms with Crippen molar-refractivity contribution in [2.45, 2.75) is 20.5 Å². The standard InChI is InChI=1S/C22H24N8OS/c1-16-12-17(2)14-18(13-16)20-24-29(22(32)31-20)15-27-8-10-28(11-9-27)21-23-25-26-30(21)19-6-4-3-5-7-19/h3-7,12-14H,8-11,15H2,1-2H3. The van der Waals surface area contributed by atoms with Crippen LogP contribution < -0.4 is 4.90 Å². The van der Waals surface area contributed by atoms with Crippen molar-refractivity contribution >= 4 is 18.2 Å². The lowest BCUT2D eigenvalue weighted by molar-refractivity contribution is 0.191. The highest BCUT2D eigenvalue weighted by Gasteiger charge is 2.23. The fourth-order valence-corrected chi connectivity index (χ4v) is 4.18. The van der Waals surface area contributed by atoms with Crippen LogP contribution in [-0.2, 0) is 6.67 Å². The van der Waals surface area contributed by atoms with E-state index < -0.39 is 0 Å². The number of hydrogen-bond acceptors (Lipinski definition) is 8. The molecule has 5 rings (SSSR count). The van der Waals surface area contributed by atoms with Gasteiger partial charge in [-0.15, -0.1) is 5.10 Å². The topological polar surface area (TPSA) is 81.0 Å². The molecule has 164 valence electrons. The molecule has 0 saturated carbocycles. The van der Waals surface area contributed by atoms with Crippen molar-refractivity contribution in [1.29, 1.82) is 0 Å². The first-order chi connectivity index (χ1) is 15.6. The minimum atomic E-state index is 0.384. The lowest BCUT2D eigenvalue weighted by Gasteiger charge is -2.34. The van der Waals surface area contributed by atoms with E-state index in [1.165, 1.54) is 11.1 Å². The SMILES string of the molecule is Cc1cc(C)cc(-c2nn(CN3CCN(c4nnnn4-c4ccccc4)CC3)c(=S)o2)c1. The molecule has 1 fully saturated rings. The Bertz CT molecular complexity index is 1250. The summed E-state index contributed by atoms with van der Waals surface area (Å²) in [6, 6.07) is 16.2. The monoisotopic (exact) mass is 448 g/mol. The van der Waals surface area contributed by atoms with Crippen LogP contribution in [0.5, 0.6) is 0 Å². The van der Waals surface area contributed by atoms with E-state index in [1.54, 1.807) is 9.36 Å². The van der Waals surface area contributed by atoms with Crippen LogP contribution in [0.2, 0.25) is 0 Å². The average molecular weight is 449 g/mol. The van der Waals surface area contributed by atoms with Gasteiger partial charge in [-0.25, -0.2) is 4.68 Å². The predicted molar refractivity (Wildman–Crippen MR) is 123 cm³/mol. The fraction of sp³-hybridized carbons (Fsp3) is 0.318. The van der Waals surface area contributed by atoms with E-state index in [1.807, 2.05) is 30.3 Å². The van der Waals surface area contributed by atoms with E-state index in [4.69, 9.17) is 16.6 Å². The third-order valence-electron chi connectivity index (χ3n) is 5.52. The highest BCUT2D eigenvalue weighted by atomic mass is 32.1. The first kappa shape index (κ1) is 20.5. The van der Waals surface area contributed by atoms with Crippen molar-refractivity contribution in [3.63, 3.8) is 0 Å². The van der Waals surface area contributed by atoms with Crippen LogP contribution in [0.3, 0.4) is 0 Å². The molecule has 0 radical (unpaired) electrons. The van der Waals surface area contributed by atoms with Gasteiger partial charge in [-0.2, -0.15) is 4.68 Å². The molecule has 32 heavy (non-hydrogen) atoms. The first-order valence-electron chi connectivity index (χ1n) is 10.5. The number of para-hydroxylation sites is 1. The van der Waals surface area contributed by atoms with Gasteiger partial charge in [0, 0.05) is 31.7 Å². The Balaban J connectivity index is 1.26. The molecule has 9 nitrogen and oxygen atoms in total. The number of nitrogens with zero attached hydrogens (tertiary/aromatic N) is 8. The number of anilines is 1. The molecule has 10 heteroatoms. The molecule has 4 aromatic rings. The molecule has 1 saturated heterocycles. The number of piperazine rings is 1. The van der Waals surface area contributed by atoms with Crippen LogP contribution in [-0.4, -0.2) is 61.1 Å². The molecule has 3 heterocycles. The Kier molecular flexibility index (Phi) is 5.54. The van der Waals surface area contributed by atoms with Crippen molar-refractivity contribution in [2.24, 2.45) is 0 Å². The van der Waals surface area contributed by atoms with Gasteiger partial charge in [0.2, 0.25) is 11.8 Å². The molecular formula is C22H24N8OS. The lowest BCUT2D eigenvalue weighted by atomic mass is 10.1. The van der Waals surface area contributed by atoms with Gasteiger partial charge in [-0.1, -0.05) is 40.5 Å². The molecule has 0 amide bonds. The van der Waals surface area contributed by atoms with Crippen LogP contribution in [0.25, 0.3) is 17.1 Å². The molecule has 1 aliphatic heterocycles. The van der Waals surface area contributed by atoms with Crippen LogP contribution in [0.15, 0.2) is 52.9 Å². The minimum Gasteiger partial charge on any atom is -0.409 e. The Morgan fingerprint density at radius 3 is 2.41 bits per heavy atom. The van der Waals surface area contributed by atoms with Crippen LogP contribution in [0.4, 0.5) is 5.95 Å². The van der Waals surface area contributed by atoms with Gasteiger partial charge in [-0.05, 0) is 60.8 Å². The lowest BCUT2D eigenvalue weighted by Crippen LogP contribution is -2.47. The summed E-state index contributed by atoms with van der Waals surface area (Å²) in [6.45, 7) is 8.02. The second-order valence-corrected chi connectivity index (χ2v) is 8.37. The number of rotatable bonds is 5. The summed E-state index contributed by atoms with van der Waals surface area (Å²) in [5, 5.41) is 16.9. The highest BCUT2D eigenvalue weighted by molar-refractivity contribution is 7.71. The summed E-state index contributed by atoms with van der Waals surface area (Å²) in [4.78, 5) is 4.89. The summed E-state index contributed by atoms with van der Waals surface area (Å²) in [6.07, 6.45) is 0.